The topological polar surface area (TPSA) is 80.5 Å². The molecular formula is C14H20N2O3S. The van der Waals surface area contributed by atoms with E-state index in [-0.39, 0.29) is 12.5 Å². The Hall–Kier alpha value is -1.40. The van der Waals surface area contributed by atoms with Gasteiger partial charge in [0.15, 0.2) is 0 Å². The molecule has 1 fully saturated rings. The molecule has 0 aliphatic carbocycles. The van der Waals surface area contributed by atoms with Crippen LogP contribution in [0.2, 0.25) is 0 Å². The van der Waals surface area contributed by atoms with E-state index in [0.717, 1.165) is 5.56 Å². The van der Waals surface area contributed by atoms with Gasteiger partial charge in [-0.3, -0.25) is 4.79 Å². The second kappa shape index (κ2) is 5.18. The van der Waals surface area contributed by atoms with E-state index < -0.39 is 21.8 Å². The van der Waals surface area contributed by atoms with Crippen LogP contribution in [0.1, 0.15) is 18.1 Å². The maximum absolute atomic E-state index is 12.7. The molecule has 1 amide bonds. The number of hydrogen-bond donors (Lipinski definition) is 1. The Balaban J connectivity index is 2.37. The summed E-state index contributed by atoms with van der Waals surface area (Å²) in [6.45, 7) is 6.00. The number of sulfonamides is 1. The van der Waals surface area contributed by atoms with Crippen molar-refractivity contribution in [3.63, 3.8) is 0 Å². The summed E-state index contributed by atoms with van der Waals surface area (Å²) in [7, 11) is -3.57. The largest absolute Gasteiger partial charge is 0.369 e. The van der Waals surface area contributed by atoms with Crippen molar-refractivity contribution in [2.45, 2.75) is 25.7 Å². The highest BCUT2D eigenvalue weighted by Gasteiger charge is 2.40. The van der Waals surface area contributed by atoms with Gasteiger partial charge >= 0.3 is 0 Å². The van der Waals surface area contributed by atoms with Crippen LogP contribution in [0.3, 0.4) is 0 Å². The number of carbonyl (C=O) groups excluding carboxylic acids is 1. The van der Waals surface area contributed by atoms with E-state index in [1.54, 1.807) is 19.1 Å². The average Bonchev–Trinajstić information content (AvgIpc) is 2.75. The van der Waals surface area contributed by atoms with Crippen LogP contribution in [0.5, 0.6) is 0 Å². The second-order valence-corrected chi connectivity index (χ2v) is 7.48. The first-order valence-corrected chi connectivity index (χ1v) is 8.04. The number of hydrogen-bond acceptors (Lipinski definition) is 3. The third-order valence-corrected chi connectivity index (χ3v) is 5.88. The van der Waals surface area contributed by atoms with Gasteiger partial charge in [0.25, 0.3) is 0 Å². The van der Waals surface area contributed by atoms with Crippen molar-refractivity contribution in [2.75, 3.05) is 13.1 Å². The zero-order valence-electron chi connectivity index (χ0n) is 12.0. The SMILES string of the molecule is Cc1ccc(C)c(S(=O)(=O)N2C[C@@H](C)[C@H](C(N)=O)C2)c1. The smallest absolute Gasteiger partial charge is 0.243 e. The van der Waals surface area contributed by atoms with Crippen molar-refractivity contribution in [2.24, 2.45) is 17.6 Å². The molecule has 1 aliphatic heterocycles. The molecule has 1 aromatic rings. The standard InChI is InChI=1S/C14H20N2O3S/c1-9-4-5-10(2)13(6-9)20(18,19)16-7-11(3)12(8-16)14(15)17/h4-6,11-12H,7-8H2,1-3H3,(H2,15,17)/t11-,12-/m1/s1. The molecule has 110 valence electrons. The summed E-state index contributed by atoms with van der Waals surface area (Å²) in [4.78, 5) is 11.7. The fourth-order valence-electron chi connectivity index (χ4n) is 2.61. The number of nitrogens with two attached hydrogens (primary N) is 1. The summed E-state index contributed by atoms with van der Waals surface area (Å²) in [5, 5.41) is 0. The lowest BCUT2D eigenvalue weighted by Crippen LogP contribution is -2.32. The molecule has 2 atom stereocenters. The Morgan fingerprint density at radius 1 is 1.30 bits per heavy atom. The Bertz CT molecular complexity index is 640. The number of aryl methyl sites for hydroxylation is 2. The van der Waals surface area contributed by atoms with Crippen molar-refractivity contribution in [3.8, 4) is 0 Å². The molecule has 2 N–H and O–H groups in total. The Morgan fingerprint density at radius 3 is 2.50 bits per heavy atom. The Labute approximate surface area is 119 Å². The summed E-state index contributed by atoms with van der Waals surface area (Å²) >= 11 is 0. The van der Waals surface area contributed by atoms with Crippen molar-refractivity contribution >= 4 is 15.9 Å². The van der Waals surface area contributed by atoms with Crippen LogP contribution in [0, 0.1) is 25.7 Å². The number of rotatable bonds is 3. The van der Waals surface area contributed by atoms with Gasteiger partial charge in [-0.05, 0) is 37.0 Å². The minimum atomic E-state index is -3.57. The zero-order valence-corrected chi connectivity index (χ0v) is 12.8. The Morgan fingerprint density at radius 2 is 1.95 bits per heavy atom. The highest BCUT2D eigenvalue weighted by molar-refractivity contribution is 7.89. The number of nitrogens with zero attached hydrogens (tertiary/aromatic N) is 1. The molecule has 1 aromatic carbocycles. The van der Waals surface area contributed by atoms with Crippen LogP contribution in [-0.4, -0.2) is 31.7 Å². The van der Waals surface area contributed by atoms with Crippen LogP contribution in [0.25, 0.3) is 0 Å². The van der Waals surface area contributed by atoms with E-state index in [4.69, 9.17) is 5.73 Å². The Kier molecular flexibility index (Phi) is 3.88. The molecule has 1 heterocycles. The van der Waals surface area contributed by atoms with E-state index >= 15 is 0 Å². The summed E-state index contributed by atoms with van der Waals surface area (Å²) in [5.74, 6) is -0.890. The zero-order chi connectivity index (χ0) is 15.1. The van der Waals surface area contributed by atoms with Crippen LogP contribution >= 0.6 is 0 Å². The molecule has 0 aromatic heterocycles. The van der Waals surface area contributed by atoms with Crippen molar-refractivity contribution in [3.05, 3.63) is 29.3 Å². The molecule has 1 saturated heterocycles. The molecule has 0 saturated carbocycles. The maximum atomic E-state index is 12.7. The predicted molar refractivity (Wildman–Crippen MR) is 76.5 cm³/mol. The lowest BCUT2D eigenvalue weighted by atomic mass is 9.98. The normalized spacial score (nSPS) is 23.9. The van der Waals surface area contributed by atoms with Crippen molar-refractivity contribution in [1.29, 1.82) is 0 Å². The predicted octanol–water partition coefficient (Wildman–Crippen LogP) is 1.05. The molecular weight excluding hydrogens is 276 g/mol. The summed E-state index contributed by atoms with van der Waals surface area (Å²) in [5.41, 5.74) is 6.94. The van der Waals surface area contributed by atoms with Gasteiger partial charge in [-0.25, -0.2) is 8.42 Å². The summed E-state index contributed by atoms with van der Waals surface area (Å²) in [6.07, 6.45) is 0. The fraction of sp³-hybridized carbons (Fsp3) is 0.500. The van der Waals surface area contributed by atoms with Crippen molar-refractivity contribution < 1.29 is 13.2 Å². The van der Waals surface area contributed by atoms with Crippen LogP contribution in [0.15, 0.2) is 23.1 Å². The first-order valence-electron chi connectivity index (χ1n) is 6.60. The third kappa shape index (κ3) is 2.58. The minimum Gasteiger partial charge on any atom is -0.369 e. The molecule has 0 unspecified atom stereocenters. The first-order chi connectivity index (χ1) is 9.23. The quantitative estimate of drug-likeness (QED) is 0.905. The molecule has 6 heteroatoms. The number of amides is 1. The average molecular weight is 296 g/mol. The van der Waals surface area contributed by atoms with Gasteiger partial charge < -0.3 is 5.73 Å². The highest BCUT2D eigenvalue weighted by atomic mass is 32.2. The highest BCUT2D eigenvalue weighted by Crippen LogP contribution is 2.29. The summed E-state index contributed by atoms with van der Waals surface area (Å²) < 4.78 is 26.8. The molecule has 1 aliphatic rings. The monoisotopic (exact) mass is 296 g/mol. The third-order valence-electron chi connectivity index (χ3n) is 3.91. The fourth-order valence-corrected chi connectivity index (χ4v) is 4.49. The van der Waals surface area contributed by atoms with Gasteiger partial charge in [0.1, 0.15) is 0 Å². The van der Waals surface area contributed by atoms with Crippen LogP contribution in [-0.2, 0) is 14.8 Å². The van der Waals surface area contributed by atoms with E-state index in [0.29, 0.717) is 17.0 Å². The van der Waals surface area contributed by atoms with Gasteiger partial charge in [0.2, 0.25) is 15.9 Å². The van der Waals surface area contributed by atoms with E-state index in [1.165, 1.54) is 4.31 Å². The molecule has 0 spiro atoms. The lowest BCUT2D eigenvalue weighted by Gasteiger charge is -2.18. The van der Waals surface area contributed by atoms with E-state index in [2.05, 4.69) is 0 Å². The van der Waals surface area contributed by atoms with Gasteiger partial charge in [0.05, 0.1) is 10.8 Å². The van der Waals surface area contributed by atoms with E-state index in [1.807, 2.05) is 19.9 Å². The molecule has 0 bridgehead atoms. The number of benzene rings is 1. The second-order valence-electron chi connectivity index (χ2n) is 5.58. The molecule has 2 rings (SSSR count). The first kappa shape index (κ1) is 15.0. The van der Waals surface area contributed by atoms with Gasteiger partial charge in [-0.1, -0.05) is 19.1 Å². The van der Waals surface area contributed by atoms with Gasteiger partial charge in [0, 0.05) is 13.1 Å². The van der Waals surface area contributed by atoms with Crippen LogP contribution < -0.4 is 5.73 Å². The minimum absolute atomic E-state index is 0.0487. The maximum Gasteiger partial charge on any atom is 0.243 e. The molecule has 0 radical (unpaired) electrons. The number of carbonyl (C=O) groups is 1. The van der Waals surface area contributed by atoms with Crippen molar-refractivity contribution in [1.82, 2.24) is 4.31 Å². The lowest BCUT2D eigenvalue weighted by molar-refractivity contribution is -0.122. The van der Waals surface area contributed by atoms with Crippen LogP contribution in [0.4, 0.5) is 0 Å². The molecule has 5 nitrogen and oxygen atoms in total. The molecule has 20 heavy (non-hydrogen) atoms. The number of primary amides is 1. The van der Waals surface area contributed by atoms with E-state index in [9.17, 15) is 13.2 Å². The van der Waals surface area contributed by atoms with Gasteiger partial charge in [-0.2, -0.15) is 4.31 Å². The van der Waals surface area contributed by atoms with Gasteiger partial charge in [-0.15, -0.1) is 0 Å². The summed E-state index contributed by atoms with van der Waals surface area (Å²) in [6, 6.07) is 5.35.